The van der Waals surface area contributed by atoms with Crippen molar-refractivity contribution in [2.75, 3.05) is 0 Å². The number of hydrogen-bond donors (Lipinski definition) is 0. The lowest BCUT2D eigenvalue weighted by atomic mass is 9.85. The fraction of sp³-hybridized carbons (Fsp3) is 0. The summed E-state index contributed by atoms with van der Waals surface area (Å²) in [5.74, 6) is 0. The molecule has 234 valence electrons. The molecule has 4 nitrogen and oxygen atoms in total. The van der Waals surface area contributed by atoms with Gasteiger partial charge < -0.3 is 4.57 Å². The van der Waals surface area contributed by atoms with Gasteiger partial charge in [0.1, 0.15) is 0 Å². The van der Waals surface area contributed by atoms with Crippen molar-refractivity contribution in [1.29, 1.82) is 15.8 Å². The summed E-state index contributed by atoms with van der Waals surface area (Å²) < 4.78 is 2.18. The van der Waals surface area contributed by atoms with Crippen LogP contribution in [0.1, 0.15) is 16.7 Å². The Balaban J connectivity index is 1.32. The van der Waals surface area contributed by atoms with Crippen LogP contribution in [0.15, 0.2) is 158 Å². The molecule has 0 saturated carbocycles. The van der Waals surface area contributed by atoms with E-state index in [0.29, 0.717) is 16.7 Å². The van der Waals surface area contributed by atoms with Crippen molar-refractivity contribution in [2.45, 2.75) is 0 Å². The van der Waals surface area contributed by atoms with Crippen LogP contribution >= 0.6 is 0 Å². The van der Waals surface area contributed by atoms with Gasteiger partial charge in [-0.3, -0.25) is 0 Å². The minimum atomic E-state index is 0.550. The van der Waals surface area contributed by atoms with Gasteiger partial charge in [0.25, 0.3) is 0 Å². The fourth-order valence-electron chi connectivity index (χ4n) is 7.65. The zero-order chi connectivity index (χ0) is 34.5. The van der Waals surface area contributed by atoms with E-state index in [1.165, 1.54) is 32.7 Å². The highest BCUT2D eigenvalue weighted by atomic mass is 15.0. The summed E-state index contributed by atoms with van der Waals surface area (Å²) in [5, 5.41) is 36.0. The molecule has 9 aromatic rings. The topological polar surface area (TPSA) is 76.3 Å². The normalized spacial score (nSPS) is 11.1. The molecule has 9 rings (SSSR count). The van der Waals surface area contributed by atoms with Gasteiger partial charge in [-0.05, 0) is 110 Å². The fourth-order valence-corrected chi connectivity index (χ4v) is 7.65. The van der Waals surface area contributed by atoms with Crippen LogP contribution in [0.3, 0.4) is 0 Å². The summed E-state index contributed by atoms with van der Waals surface area (Å²) in [6.07, 6.45) is 0. The van der Waals surface area contributed by atoms with Crippen LogP contribution in [0.25, 0.3) is 82.4 Å². The van der Waals surface area contributed by atoms with E-state index < -0.39 is 0 Å². The SMILES string of the molecule is N#Cc1ccc(-n2c3ccc(C#N)cc3c3cc(C#N)ccc32)c(-c2cccc(-c3c4ccccc4c(-c4ccccc4)c4ccccc34)c2)c1. The van der Waals surface area contributed by atoms with Gasteiger partial charge in [-0.2, -0.15) is 15.8 Å². The number of nitriles is 3. The van der Waals surface area contributed by atoms with Crippen molar-refractivity contribution in [2.24, 2.45) is 0 Å². The zero-order valence-electron chi connectivity index (χ0n) is 27.3. The zero-order valence-corrected chi connectivity index (χ0v) is 27.3. The molecule has 1 heterocycles. The first kappa shape index (κ1) is 29.7. The minimum Gasteiger partial charge on any atom is -0.309 e. The van der Waals surface area contributed by atoms with E-state index >= 15 is 0 Å². The van der Waals surface area contributed by atoms with Crippen LogP contribution < -0.4 is 0 Å². The molecule has 0 aliphatic carbocycles. The molecular formula is C47H26N4. The molecular weight excluding hydrogens is 621 g/mol. The third-order valence-corrected chi connectivity index (χ3v) is 9.85. The first-order chi connectivity index (χ1) is 25.2. The molecule has 1 aromatic heterocycles. The van der Waals surface area contributed by atoms with Crippen LogP contribution in [0.2, 0.25) is 0 Å². The third kappa shape index (κ3) is 4.74. The Morgan fingerprint density at radius 3 is 1.35 bits per heavy atom. The number of nitrogens with zero attached hydrogens (tertiary/aromatic N) is 4. The van der Waals surface area contributed by atoms with Crippen LogP contribution in [0.5, 0.6) is 0 Å². The number of benzene rings is 8. The molecule has 0 aliphatic heterocycles. The minimum absolute atomic E-state index is 0.550. The second kappa shape index (κ2) is 11.9. The Labute approximate surface area is 294 Å². The van der Waals surface area contributed by atoms with E-state index in [-0.39, 0.29) is 0 Å². The Hall–Kier alpha value is -7.45. The van der Waals surface area contributed by atoms with Gasteiger partial charge in [-0.1, -0.05) is 97.1 Å². The van der Waals surface area contributed by atoms with Crippen molar-refractivity contribution in [3.05, 3.63) is 174 Å². The summed E-state index contributed by atoms with van der Waals surface area (Å²) in [6, 6.07) is 60.4. The molecule has 0 saturated heterocycles. The van der Waals surface area contributed by atoms with Crippen molar-refractivity contribution in [1.82, 2.24) is 4.57 Å². The van der Waals surface area contributed by atoms with Gasteiger partial charge in [0.15, 0.2) is 0 Å². The van der Waals surface area contributed by atoms with E-state index in [4.69, 9.17) is 0 Å². The Morgan fingerprint density at radius 1 is 0.353 bits per heavy atom. The van der Waals surface area contributed by atoms with Gasteiger partial charge in [0.05, 0.1) is 51.6 Å². The predicted octanol–water partition coefficient (Wildman–Crippen LogP) is 11.7. The van der Waals surface area contributed by atoms with E-state index in [1.807, 2.05) is 54.6 Å². The molecule has 0 atom stereocenters. The second-order valence-electron chi connectivity index (χ2n) is 12.7. The number of aromatic nitrogens is 1. The molecule has 0 spiro atoms. The lowest BCUT2D eigenvalue weighted by Crippen LogP contribution is -1.98. The van der Waals surface area contributed by atoms with Crippen LogP contribution in [0.4, 0.5) is 0 Å². The average molecular weight is 647 g/mol. The first-order valence-corrected chi connectivity index (χ1v) is 16.7. The Morgan fingerprint density at radius 2 is 0.804 bits per heavy atom. The average Bonchev–Trinajstić information content (AvgIpc) is 3.52. The number of fused-ring (bicyclic) bond motifs is 5. The second-order valence-corrected chi connectivity index (χ2v) is 12.7. The Bertz CT molecular complexity index is 2870. The maximum Gasteiger partial charge on any atom is 0.0991 e. The lowest BCUT2D eigenvalue weighted by Gasteiger charge is -2.19. The molecule has 0 N–H and O–H groups in total. The highest BCUT2D eigenvalue weighted by Crippen LogP contribution is 2.45. The van der Waals surface area contributed by atoms with Gasteiger partial charge >= 0.3 is 0 Å². The highest BCUT2D eigenvalue weighted by molar-refractivity contribution is 6.21. The molecule has 0 amide bonds. The van der Waals surface area contributed by atoms with E-state index in [1.54, 1.807) is 0 Å². The van der Waals surface area contributed by atoms with Crippen LogP contribution in [0, 0.1) is 34.0 Å². The van der Waals surface area contributed by atoms with Crippen molar-refractivity contribution < 1.29 is 0 Å². The molecule has 0 unspecified atom stereocenters. The van der Waals surface area contributed by atoms with Crippen LogP contribution in [-0.2, 0) is 0 Å². The Kier molecular flexibility index (Phi) is 6.93. The molecule has 0 radical (unpaired) electrons. The summed E-state index contributed by atoms with van der Waals surface area (Å²) >= 11 is 0. The summed E-state index contributed by atoms with van der Waals surface area (Å²) in [7, 11) is 0. The first-order valence-electron chi connectivity index (χ1n) is 16.7. The monoisotopic (exact) mass is 646 g/mol. The maximum atomic E-state index is 10.1. The summed E-state index contributed by atoms with van der Waals surface area (Å²) in [5.41, 5.74) is 10.9. The van der Waals surface area contributed by atoms with Crippen molar-refractivity contribution >= 4 is 43.4 Å². The molecule has 0 aliphatic rings. The van der Waals surface area contributed by atoms with Crippen LogP contribution in [-0.4, -0.2) is 4.57 Å². The molecule has 0 bridgehead atoms. The van der Waals surface area contributed by atoms with Crippen molar-refractivity contribution in [3.63, 3.8) is 0 Å². The number of hydrogen-bond acceptors (Lipinski definition) is 3. The highest BCUT2D eigenvalue weighted by Gasteiger charge is 2.20. The third-order valence-electron chi connectivity index (χ3n) is 9.85. The maximum absolute atomic E-state index is 10.1. The van der Waals surface area contributed by atoms with E-state index in [2.05, 4.69) is 126 Å². The molecule has 0 fully saturated rings. The van der Waals surface area contributed by atoms with Gasteiger partial charge in [0.2, 0.25) is 0 Å². The van der Waals surface area contributed by atoms with E-state index in [9.17, 15) is 15.8 Å². The van der Waals surface area contributed by atoms with E-state index in [0.717, 1.165) is 49.7 Å². The standard InChI is InChI=1S/C47H26N4/c48-27-30-17-20-43(51-44-21-18-31(28-49)24-41(44)42-25-32(29-50)19-22-45(42)51)40(23-30)34-11-8-12-35(26-34)47-38-15-6-4-13-36(38)46(33-9-2-1-3-10-33)37-14-5-7-16-39(37)47/h1-26H. The quantitative estimate of drug-likeness (QED) is 0.179. The summed E-state index contributed by atoms with van der Waals surface area (Å²) in [6.45, 7) is 0. The molecule has 51 heavy (non-hydrogen) atoms. The van der Waals surface area contributed by atoms with Gasteiger partial charge in [-0.25, -0.2) is 0 Å². The number of rotatable bonds is 4. The van der Waals surface area contributed by atoms with Gasteiger partial charge in [0, 0.05) is 16.3 Å². The van der Waals surface area contributed by atoms with Crippen molar-refractivity contribution in [3.8, 4) is 57.3 Å². The summed E-state index contributed by atoms with van der Waals surface area (Å²) in [4.78, 5) is 0. The lowest BCUT2D eigenvalue weighted by molar-refractivity contribution is 1.18. The van der Waals surface area contributed by atoms with Gasteiger partial charge in [-0.15, -0.1) is 0 Å². The molecule has 4 heteroatoms. The predicted molar refractivity (Wildman–Crippen MR) is 206 cm³/mol. The molecule has 8 aromatic carbocycles. The smallest absolute Gasteiger partial charge is 0.0991 e. The largest absolute Gasteiger partial charge is 0.309 e.